The highest BCUT2D eigenvalue weighted by atomic mass is 16.5. The van der Waals surface area contributed by atoms with E-state index in [1.165, 1.54) is 75.6 Å². The third kappa shape index (κ3) is 13.8. The fourth-order valence-electron chi connectivity index (χ4n) is 5.29. The van der Waals surface area contributed by atoms with Gasteiger partial charge in [-0.2, -0.15) is 0 Å². The van der Waals surface area contributed by atoms with Crippen molar-refractivity contribution in [2.24, 2.45) is 5.92 Å². The van der Waals surface area contributed by atoms with Crippen LogP contribution in [-0.4, -0.2) is 62.0 Å². The summed E-state index contributed by atoms with van der Waals surface area (Å²) in [5, 5.41) is 0. The second kappa shape index (κ2) is 22.6. The number of nitrogens with zero attached hydrogens (tertiary/aromatic N) is 2. The number of aldehydes is 1. The van der Waals surface area contributed by atoms with Crippen molar-refractivity contribution in [2.75, 3.05) is 39.8 Å². The minimum Gasteiger partial charge on any atom is -0.493 e. The van der Waals surface area contributed by atoms with E-state index < -0.39 is 0 Å². The molecule has 1 saturated heterocycles. The molecule has 0 spiro atoms. The lowest BCUT2D eigenvalue weighted by Crippen LogP contribution is -2.32. The maximum absolute atomic E-state index is 11.1. The first-order valence-corrected chi connectivity index (χ1v) is 15.6. The van der Waals surface area contributed by atoms with Gasteiger partial charge in [0.15, 0.2) is 0 Å². The highest BCUT2D eigenvalue weighted by Gasteiger charge is 2.33. The Hall–Kier alpha value is -1.39. The molecule has 2 heterocycles. The van der Waals surface area contributed by atoms with Crippen LogP contribution >= 0.6 is 0 Å². The quantitative estimate of drug-likeness (QED) is 0.246. The van der Waals surface area contributed by atoms with Gasteiger partial charge in [0.25, 0.3) is 0 Å². The van der Waals surface area contributed by atoms with E-state index in [-0.39, 0.29) is 0 Å². The number of fused-ring (bicyclic) bond motifs is 1. The minimum absolute atomic E-state index is 0.552. The summed E-state index contributed by atoms with van der Waals surface area (Å²) in [7, 11) is 2.21. The fraction of sp³-hybridized carbons (Fsp3) is 0.788. The number of likely N-dealkylation sites (tertiary alicyclic amines) is 1. The third-order valence-electron chi connectivity index (χ3n) is 7.26. The standard InChI is InChI=1S/C20H29NO2.C9H21N.2C2H6/c1-3-4-15(2)11-19-13-18(14-21(19)8-9-22)16-5-6-20-17(12-16)7-10-23-20;1-4-6-8-10(3)9-7-5-2;2*1-2/h5-6,9,12,15,18-19H,3-4,7-8,10-11,13-14H2,1-2H3;4-9H2,1-3H3;2*1-2H3. The van der Waals surface area contributed by atoms with Gasteiger partial charge < -0.3 is 14.4 Å². The molecule has 0 bridgehead atoms. The summed E-state index contributed by atoms with van der Waals surface area (Å²) in [6.07, 6.45) is 12.4. The molecule has 1 aromatic rings. The Bertz CT molecular complexity index is 670. The van der Waals surface area contributed by atoms with Crippen LogP contribution < -0.4 is 4.74 Å². The van der Waals surface area contributed by atoms with E-state index in [1.807, 2.05) is 27.7 Å². The van der Waals surface area contributed by atoms with Crippen molar-refractivity contribution in [1.82, 2.24) is 9.80 Å². The molecule has 2 aliphatic heterocycles. The molecule has 2 aliphatic rings. The molecule has 1 aromatic carbocycles. The lowest BCUT2D eigenvalue weighted by atomic mass is 9.90. The Morgan fingerprint density at radius 1 is 1.05 bits per heavy atom. The van der Waals surface area contributed by atoms with Gasteiger partial charge >= 0.3 is 0 Å². The average molecular weight is 519 g/mol. The molecule has 216 valence electrons. The Balaban J connectivity index is 0.000000783. The van der Waals surface area contributed by atoms with E-state index in [4.69, 9.17) is 4.74 Å². The van der Waals surface area contributed by atoms with Crippen molar-refractivity contribution < 1.29 is 9.53 Å². The van der Waals surface area contributed by atoms with Gasteiger partial charge in [-0.3, -0.25) is 4.90 Å². The lowest BCUT2D eigenvalue weighted by molar-refractivity contribution is -0.109. The highest BCUT2D eigenvalue weighted by molar-refractivity contribution is 5.52. The summed E-state index contributed by atoms with van der Waals surface area (Å²) in [4.78, 5) is 15.9. The highest BCUT2D eigenvalue weighted by Crippen LogP contribution is 2.37. The second-order valence-electron chi connectivity index (χ2n) is 10.3. The molecule has 3 atom stereocenters. The van der Waals surface area contributed by atoms with Gasteiger partial charge in [0.05, 0.1) is 13.2 Å². The predicted octanol–water partition coefficient (Wildman–Crippen LogP) is 8.38. The molecule has 0 amide bonds. The van der Waals surface area contributed by atoms with Crippen LogP contribution in [0.15, 0.2) is 18.2 Å². The molecule has 0 N–H and O–H groups in total. The van der Waals surface area contributed by atoms with Crippen molar-refractivity contribution in [2.45, 2.75) is 125 Å². The molecule has 3 unspecified atom stereocenters. The van der Waals surface area contributed by atoms with Crippen molar-refractivity contribution >= 4 is 6.29 Å². The monoisotopic (exact) mass is 518 g/mol. The van der Waals surface area contributed by atoms with E-state index in [9.17, 15) is 4.79 Å². The number of rotatable bonds is 13. The van der Waals surface area contributed by atoms with E-state index in [0.717, 1.165) is 37.5 Å². The largest absolute Gasteiger partial charge is 0.493 e. The molecule has 4 heteroatoms. The minimum atomic E-state index is 0.552. The van der Waals surface area contributed by atoms with Gasteiger partial charge in [-0.25, -0.2) is 0 Å². The summed E-state index contributed by atoms with van der Waals surface area (Å²) >= 11 is 0. The summed E-state index contributed by atoms with van der Waals surface area (Å²) in [6, 6.07) is 7.25. The Labute approximate surface area is 231 Å². The maximum atomic E-state index is 11.1. The SMILES string of the molecule is CC.CC.CCCC(C)CC1CC(c2ccc3c(c2)CCO3)CN1CC=O.CCCCN(C)CCCC. The van der Waals surface area contributed by atoms with Crippen LogP contribution in [0.2, 0.25) is 0 Å². The van der Waals surface area contributed by atoms with Crippen LogP contribution in [0.1, 0.15) is 124 Å². The zero-order chi connectivity index (χ0) is 28.1. The van der Waals surface area contributed by atoms with Crippen LogP contribution in [0.25, 0.3) is 0 Å². The van der Waals surface area contributed by atoms with Crippen molar-refractivity contribution in [1.29, 1.82) is 0 Å². The fourth-order valence-corrected chi connectivity index (χ4v) is 5.29. The third-order valence-corrected chi connectivity index (χ3v) is 7.26. The van der Waals surface area contributed by atoms with E-state index in [0.29, 0.717) is 18.5 Å². The number of hydrogen-bond acceptors (Lipinski definition) is 4. The van der Waals surface area contributed by atoms with Crippen LogP contribution in [0, 0.1) is 5.92 Å². The number of unbranched alkanes of at least 4 members (excludes halogenated alkanes) is 2. The number of hydrogen-bond donors (Lipinski definition) is 0. The van der Waals surface area contributed by atoms with Crippen LogP contribution in [0.4, 0.5) is 0 Å². The van der Waals surface area contributed by atoms with Crippen LogP contribution in [0.5, 0.6) is 5.75 Å². The van der Waals surface area contributed by atoms with E-state index >= 15 is 0 Å². The molecular weight excluding hydrogens is 456 g/mol. The molecule has 37 heavy (non-hydrogen) atoms. The van der Waals surface area contributed by atoms with Gasteiger partial charge in [0.2, 0.25) is 0 Å². The van der Waals surface area contributed by atoms with Gasteiger partial charge in [0, 0.05) is 19.0 Å². The van der Waals surface area contributed by atoms with E-state index in [1.54, 1.807) is 0 Å². The first-order chi connectivity index (χ1) is 18.0. The van der Waals surface area contributed by atoms with E-state index in [2.05, 4.69) is 62.7 Å². The predicted molar refractivity (Wildman–Crippen MR) is 163 cm³/mol. The first kappa shape index (κ1) is 35.6. The van der Waals surface area contributed by atoms with Gasteiger partial charge in [-0.15, -0.1) is 0 Å². The lowest BCUT2D eigenvalue weighted by Gasteiger charge is -2.24. The molecule has 0 aliphatic carbocycles. The summed E-state index contributed by atoms with van der Waals surface area (Å²) in [5.41, 5.74) is 2.78. The van der Waals surface area contributed by atoms with Gasteiger partial charge in [-0.05, 0) is 74.8 Å². The first-order valence-electron chi connectivity index (χ1n) is 15.6. The Morgan fingerprint density at radius 3 is 2.27 bits per heavy atom. The van der Waals surface area contributed by atoms with Gasteiger partial charge in [-0.1, -0.05) is 93.2 Å². The van der Waals surface area contributed by atoms with Crippen LogP contribution in [0.3, 0.4) is 0 Å². The molecule has 0 radical (unpaired) electrons. The molecule has 4 nitrogen and oxygen atoms in total. The zero-order valence-electron chi connectivity index (χ0n) is 26.2. The van der Waals surface area contributed by atoms with Crippen molar-refractivity contribution in [3.63, 3.8) is 0 Å². The average Bonchev–Trinajstić information content (AvgIpc) is 3.56. The topological polar surface area (TPSA) is 32.8 Å². The summed E-state index contributed by atoms with van der Waals surface area (Å²) < 4.78 is 5.62. The Kier molecular flexibility index (Phi) is 21.7. The number of carbonyl (C=O) groups is 1. The normalized spacial score (nSPS) is 18.9. The second-order valence-corrected chi connectivity index (χ2v) is 10.3. The van der Waals surface area contributed by atoms with Crippen molar-refractivity contribution in [3.05, 3.63) is 29.3 Å². The summed E-state index contributed by atoms with van der Waals surface area (Å²) in [6.45, 7) is 22.1. The van der Waals surface area contributed by atoms with Crippen LogP contribution in [-0.2, 0) is 11.2 Å². The Morgan fingerprint density at radius 2 is 1.70 bits per heavy atom. The van der Waals surface area contributed by atoms with Gasteiger partial charge in [0.1, 0.15) is 12.0 Å². The number of carbonyl (C=O) groups excluding carboxylic acids is 1. The smallest absolute Gasteiger partial charge is 0.133 e. The maximum Gasteiger partial charge on any atom is 0.133 e. The molecule has 0 saturated carbocycles. The molecule has 0 aromatic heterocycles. The zero-order valence-corrected chi connectivity index (χ0v) is 26.2. The molecule has 3 rings (SSSR count). The molecule has 1 fully saturated rings. The van der Waals surface area contributed by atoms with Crippen molar-refractivity contribution in [3.8, 4) is 5.75 Å². The number of ether oxygens (including phenoxy) is 1. The summed E-state index contributed by atoms with van der Waals surface area (Å²) in [5.74, 6) is 2.36. The molecular formula is C33H62N2O2. The number of benzene rings is 1.